The van der Waals surface area contributed by atoms with Crippen LogP contribution in [0.2, 0.25) is 15.1 Å². The van der Waals surface area contributed by atoms with E-state index in [0.717, 1.165) is 6.07 Å². The Bertz CT molecular complexity index is 804. The van der Waals surface area contributed by atoms with Gasteiger partial charge in [-0.3, -0.25) is 15.5 Å². The fourth-order valence-electron chi connectivity index (χ4n) is 1.79. The summed E-state index contributed by atoms with van der Waals surface area (Å²) in [5.74, 6) is -0.968. The maximum atomic E-state index is 11.7. The first kappa shape index (κ1) is 18.1. The summed E-state index contributed by atoms with van der Waals surface area (Å²) in [6.45, 7) is 0. The van der Waals surface area contributed by atoms with Crippen molar-refractivity contribution in [2.45, 2.75) is 0 Å². The van der Waals surface area contributed by atoms with E-state index < -0.39 is 16.4 Å². The number of ether oxygens (including phenoxy) is 1. The van der Waals surface area contributed by atoms with Gasteiger partial charge in [0.05, 0.1) is 34.0 Å². The Labute approximate surface area is 151 Å². The number of methoxy groups -OCH3 is 1. The van der Waals surface area contributed by atoms with E-state index in [2.05, 4.69) is 10.5 Å². The van der Waals surface area contributed by atoms with E-state index in [4.69, 9.17) is 39.5 Å². The van der Waals surface area contributed by atoms with E-state index in [1.54, 1.807) is 0 Å². The van der Waals surface area contributed by atoms with Crippen molar-refractivity contribution in [3.63, 3.8) is 0 Å². The molecule has 0 aliphatic rings. The number of rotatable bonds is 5. The van der Waals surface area contributed by atoms with Crippen molar-refractivity contribution >= 4 is 52.4 Å². The predicted molar refractivity (Wildman–Crippen MR) is 91.8 cm³/mol. The van der Waals surface area contributed by atoms with Crippen LogP contribution >= 0.6 is 34.8 Å². The van der Waals surface area contributed by atoms with Gasteiger partial charge < -0.3 is 9.84 Å². The highest BCUT2D eigenvalue weighted by Gasteiger charge is 2.13. The molecule has 0 bridgehead atoms. The summed E-state index contributed by atoms with van der Waals surface area (Å²) >= 11 is 17.8. The number of anilines is 1. The molecule has 7 nitrogen and oxygen atoms in total. The van der Waals surface area contributed by atoms with E-state index in [-0.39, 0.29) is 21.4 Å². The lowest BCUT2D eigenvalue weighted by molar-refractivity contribution is -0.398. The molecule has 0 radical (unpaired) electrons. The molecule has 24 heavy (non-hydrogen) atoms. The van der Waals surface area contributed by atoms with Gasteiger partial charge in [0.25, 0.3) is 5.69 Å². The highest BCUT2D eigenvalue weighted by atomic mass is 35.5. The van der Waals surface area contributed by atoms with Crippen LogP contribution in [-0.4, -0.2) is 18.2 Å². The van der Waals surface area contributed by atoms with Crippen molar-refractivity contribution in [1.82, 2.24) is 0 Å². The maximum absolute atomic E-state index is 11.7. The van der Waals surface area contributed by atoms with Gasteiger partial charge in [-0.25, -0.2) is 0 Å². The fourth-order valence-corrected chi connectivity index (χ4v) is 2.69. The van der Waals surface area contributed by atoms with Gasteiger partial charge in [-0.2, -0.15) is 5.10 Å². The molecule has 0 aliphatic heterocycles. The third-order valence-corrected chi connectivity index (χ3v) is 3.69. The largest absolute Gasteiger partial charge is 0.865 e. The van der Waals surface area contributed by atoms with Crippen LogP contribution in [0.4, 0.5) is 11.4 Å². The molecule has 2 aromatic carbocycles. The summed E-state index contributed by atoms with van der Waals surface area (Å²) < 4.78 is 4.84. The normalized spacial score (nSPS) is 10.8. The number of benzene rings is 2. The zero-order valence-corrected chi connectivity index (χ0v) is 14.3. The quantitative estimate of drug-likeness (QED) is 0.472. The topological polar surface area (TPSA) is 99.8 Å². The van der Waals surface area contributed by atoms with E-state index in [9.17, 15) is 15.2 Å². The Morgan fingerprint density at radius 3 is 2.38 bits per heavy atom. The van der Waals surface area contributed by atoms with Crippen LogP contribution in [0.1, 0.15) is 5.56 Å². The maximum Gasteiger partial charge on any atom is 0.266 e. The molecule has 0 fully saturated rings. The number of hydrogen-bond donors (Lipinski definition) is 1. The Hall–Kier alpha value is -2.22. The first-order chi connectivity index (χ1) is 11.3. The van der Waals surface area contributed by atoms with Crippen LogP contribution in [0.3, 0.4) is 0 Å². The van der Waals surface area contributed by atoms with E-state index >= 15 is 0 Å². The van der Waals surface area contributed by atoms with Gasteiger partial charge in [-0.15, -0.1) is 0 Å². The lowest BCUT2D eigenvalue weighted by atomic mass is 10.2. The minimum Gasteiger partial charge on any atom is -0.865 e. The number of hydrogen-bond acceptors (Lipinski definition) is 6. The number of nitrogens with one attached hydrogen (secondary N) is 1. The molecular weight excluding hydrogens is 381 g/mol. The van der Waals surface area contributed by atoms with Gasteiger partial charge in [0, 0.05) is 22.4 Å². The molecule has 1 N–H and O–H groups in total. The molecular formula is C14H9Cl3N3O4-. The highest BCUT2D eigenvalue weighted by Crippen LogP contribution is 2.35. The van der Waals surface area contributed by atoms with Crippen molar-refractivity contribution in [3.8, 4) is 11.5 Å². The van der Waals surface area contributed by atoms with Crippen molar-refractivity contribution in [2.24, 2.45) is 5.10 Å². The molecule has 0 saturated heterocycles. The van der Waals surface area contributed by atoms with Gasteiger partial charge in [0.2, 0.25) is 0 Å². The lowest BCUT2D eigenvalue weighted by Crippen LogP contribution is -2.02. The standard InChI is InChI=1S/C14H10Cl3N3O4/c1-24-12-3-7(2-11(14(12)21)20(22)23)6-18-19-13-9(16)4-8(15)5-10(13)17/h2-6,19,21H,1H3/p-1/b18-6-. The summed E-state index contributed by atoms with van der Waals surface area (Å²) in [6.07, 6.45) is 1.26. The summed E-state index contributed by atoms with van der Waals surface area (Å²) in [6, 6.07) is 5.37. The van der Waals surface area contributed by atoms with E-state index in [0.29, 0.717) is 10.7 Å². The molecule has 0 atom stereocenters. The van der Waals surface area contributed by atoms with Crippen LogP contribution in [-0.2, 0) is 0 Å². The van der Waals surface area contributed by atoms with Crippen LogP contribution in [0, 0.1) is 10.1 Å². The third kappa shape index (κ3) is 4.00. The predicted octanol–water partition coefficient (Wildman–Crippen LogP) is 4.08. The van der Waals surface area contributed by atoms with Crippen molar-refractivity contribution in [2.75, 3.05) is 12.5 Å². The minimum atomic E-state index is -0.809. The van der Waals surface area contributed by atoms with Gasteiger partial charge in [-0.1, -0.05) is 34.8 Å². The first-order valence-electron chi connectivity index (χ1n) is 6.30. The number of nitrogens with zero attached hydrogens (tertiary/aromatic N) is 2. The number of hydrazone groups is 1. The molecule has 126 valence electrons. The van der Waals surface area contributed by atoms with E-state index in [1.807, 2.05) is 0 Å². The summed E-state index contributed by atoms with van der Waals surface area (Å²) in [7, 11) is 1.24. The van der Waals surface area contributed by atoms with Crippen molar-refractivity contribution in [1.29, 1.82) is 0 Å². The Balaban J connectivity index is 2.30. The fraction of sp³-hybridized carbons (Fsp3) is 0.0714. The summed E-state index contributed by atoms with van der Waals surface area (Å²) in [5, 5.41) is 27.4. The monoisotopic (exact) mass is 388 g/mol. The van der Waals surface area contributed by atoms with Gasteiger partial charge >= 0.3 is 0 Å². The first-order valence-corrected chi connectivity index (χ1v) is 7.44. The molecule has 2 rings (SSSR count). The SMILES string of the molecule is COc1cc(/C=N\Nc2c(Cl)cc(Cl)cc2Cl)cc([N+](=O)[O-])c1[O-]. The zero-order chi connectivity index (χ0) is 17.9. The Morgan fingerprint density at radius 2 is 1.83 bits per heavy atom. The average Bonchev–Trinajstić information content (AvgIpc) is 2.50. The van der Waals surface area contributed by atoms with Crippen LogP contribution < -0.4 is 15.3 Å². The second kappa shape index (κ2) is 7.57. The smallest absolute Gasteiger partial charge is 0.266 e. The van der Waals surface area contributed by atoms with Gasteiger partial charge in [0.1, 0.15) is 5.75 Å². The summed E-state index contributed by atoms with van der Waals surface area (Å²) in [5.41, 5.74) is 2.61. The Kier molecular flexibility index (Phi) is 5.71. The second-order valence-corrected chi connectivity index (χ2v) is 5.69. The van der Waals surface area contributed by atoms with Crippen molar-refractivity contribution < 1.29 is 14.8 Å². The van der Waals surface area contributed by atoms with Crippen LogP contribution in [0.25, 0.3) is 0 Å². The number of nitro groups is 1. The highest BCUT2D eigenvalue weighted by molar-refractivity contribution is 6.41. The molecule has 0 heterocycles. The van der Waals surface area contributed by atoms with Crippen LogP contribution in [0.5, 0.6) is 11.5 Å². The molecule has 0 saturated carbocycles. The molecule has 0 spiro atoms. The lowest BCUT2D eigenvalue weighted by Gasteiger charge is -2.13. The van der Waals surface area contributed by atoms with Crippen molar-refractivity contribution in [3.05, 3.63) is 55.0 Å². The van der Waals surface area contributed by atoms with Crippen LogP contribution in [0.15, 0.2) is 29.4 Å². The molecule has 0 unspecified atom stereocenters. The number of nitro benzene ring substituents is 1. The molecule has 0 aliphatic carbocycles. The summed E-state index contributed by atoms with van der Waals surface area (Å²) in [4.78, 5) is 10.1. The average molecular weight is 390 g/mol. The van der Waals surface area contributed by atoms with Gasteiger partial charge in [0.15, 0.2) is 0 Å². The van der Waals surface area contributed by atoms with Gasteiger partial charge in [-0.05, 0) is 18.2 Å². The zero-order valence-electron chi connectivity index (χ0n) is 12.0. The van der Waals surface area contributed by atoms with E-state index in [1.165, 1.54) is 31.5 Å². The molecule has 0 amide bonds. The second-order valence-electron chi connectivity index (χ2n) is 4.44. The minimum absolute atomic E-state index is 0.159. The molecule has 10 heteroatoms. The third-order valence-electron chi connectivity index (χ3n) is 2.87. The molecule has 2 aromatic rings. The number of halogens is 3. The Morgan fingerprint density at radius 1 is 1.21 bits per heavy atom. The molecule has 0 aromatic heterocycles.